The Balaban J connectivity index is 1.50. The highest BCUT2D eigenvalue weighted by molar-refractivity contribution is 5.55. The van der Waals surface area contributed by atoms with Crippen molar-refractivity contribution in [3.05, 3.63) is 59.9 Å². The average molecular weight is 267 g/mol. The summed E-state index contributed by atoms with van der Waals surface area (Å²) >= 11 is 0. The molecule has 1 aliphatic rings. The van der Waals surface area contributed by atoms with Gasteiger partial charge < -0.3 is 10.2 Å². The van der Waals surface area contributed by atoms with Gasteiger partial charge in [0.05, 0.1) is 5.69 Å². The number of hydrogen-bond donors (Lipinski definition) is 1. The summed E-state index contributed by atoms with van der Waals surface area (Å²) in [7, 11) is 0. The van der Waals surface area contributed by atoms with E-state index < -0.39 is 0 Å². The molecule has 3 nitrogen and oxygen atoms in total. The van der Waals surface area contributed by atoms with Crippen LogP contribution in [-0.4, -0.2) is 24.6 Å². The maximum atomic E-state index is 4.32. The number of hydrogen-bond acceptors (Lipinski definition) is 3. The second-order valence-corrected chi connectivity index (χ2v) is 5.22. The zero-order valence-corrected chi connectivity index (χ0v) is 11.8. The van der Waals surface area contributed by atoms with E-state index in [0.717, 1.165) is 25.3 Å². The first kappa shape index (κ1) is 13.1. The summed E-state index contributed by atoms with van der Waals surface area (Å²) in [6.45, 7) is 4.06. The molecule has 3 rings (SSSR count). The van der Waals surface area contributed by atoms with Gasteiger partial charge in [-0.15, -0.1) is 0 Å². The SMILES string of the molecule is c1ccc(CNCCN2CCCc3ccccc32)nc1. The summed E-state index contributed by atoms with van der Waals surface area (Å²) in [6.07, 6.45) is 4.32. The van der Waals surface area contributed by atoms with E-state index in [2.05, 4.69) is 45.5 Å². The lowest BCUT2D eigenvalue weighted by molar-refractivity contribution is 0.625. The Kier molecular flexibility index (Phi) is 4.28. The third-order valence-corrected chi connectivity index (χ3v) is 3.80. The van der Waals surface area contributed by atoms with Crippen LogP contribution in [0.5, 0.6) is 0 Å². The van der Waals surface area contributed by atoms with Crippen molar-refractivity contribution in [2.24, 2.45) is 0 Å². The van der Waals surface area contributed by atoms with Crippen LogP contribution < -0.4 is 10.2 Å². The number of pyridine rings is 1. The average Bonchev–Trinajstić information content (AvgIpc) is 2.53. The molecule has 1 aromatic heterocycles. The van der Waals surface area contributed by atoms with Crippen LogP contribution in [0.3, 0.4) is 0 Å². The van der Waals surface area contributed by atoms with E-state index in [1.54, 1.807) is 0 Å². The van der Waals surface area contributed by atoms with Gasteiger partial charge in [-0.3, -0.25) is 4.98 Å². The molecule has 2 aromatic rings. The smallest absolute Gasteiger partial charge is 0.0541 e. The van der Waals surface area contributed by atoms with Gasteiger partial charge in [0.1, 0.15) is 0 Å². The van der Waals surface area contributed by atoms with E-state index in [-0.39, 0.29) is 0 Å². The number of aryl methyl sites for hydroxylation is 1. The fraction of sp³-hybridized carbons (Fsp3) is 0.353. The Labute approximate surface area is 120 Å². The lowest BCUT2D eigenvalue weighted by Crippen LogP contribution is -2.35. The first-order valence-corrected chi connectivity index (χ1v) is 7.37. The van der Waals surface area contributed by atoms with Crippen molar-refractivity contribution in [1.82, 2.24) is 10.3 Å². The van der Waals surface area contributed by atoms with Crippen molar-refractivity contribution in [3.8, 4) is 0 Å². The van der Waals surface area contributed by atoms with E-state index >= 15 is 0 Å². The molecule has 0 aliphatic carbocycles. The van der Waals surface area contributed by atoms with Crippen molar-refractivity contribution >= 4 is 5.69 Å². The van der Waals surface area contributed by atoms with Crippen LogP contribution in [0, 0.1) is 0 Å². The second kappa shape index (κ2) is 6.53. The van der Waals surface area contributed by atoms with Crippen LogP contribution >= 0.6 is 0 Å². The van der Waals surface area contributed by atoms with Gasteiger partial charge in [-0.05, 0) is 36.6 Å². The largest absolute Gasteiger partial charge is 0.370 e. The predicted molar refractivity (Wildman–Crippen MR) is 82.9 cm³/mol. The van der Waals surface area contributed by atoms with E-state index in [1.165, 1.54) is 30.6 Å². The number of benzene rings is 1. The summed E-state index contributed by atoms with van der Waals surface area (Å²) in [5, 5.41) is 3.48. The van der Waals surface area contributed by atoms with Crippen molar-refractivity contribution in [2.75, 3.05) is 24.5 Å². The molecule has 0 saturated heterocycles. The molecule has 104 valence electrons. The zero-order chi connectivity index (χ0) is 13.6. The summed E-state index contributed by atoms with van der Waals surface area (Å²) < 4.78 is 0. The minimum atomic E-state index is 0.844. The van der Waals surface area contributed by atoms with Gasteiger partial charge in [-0.1, -0.05) is 24.3 Å². The Bertz CT molecular complexity index is 539. The highest BCUT2D eigenvalue weighted by Gasteiger charge is 2.15. The minimum Gasteiger partial charge on any atom is -0.370 e. The van der Waals surface area contributed by atoms with E-state index in [4.69, 9.17) is 0 Å². The molecule has 0 atom stereocenters. The molecule has 3 heteroatoms. The summed E-state index contributed by atoms with van der Waals surface area (Å²) in [4.78, 5) is 6.81. The molecule has 2 heterocycles. The maximum absolute atomic E-state index is 4.32. The molecule has 0 radical (unpaired) electrons. The number of fused-ring (bicyclic) bond motifs is 1. The van der Waals surface area contributed by atoms with Crippen LogP contribution in [0.4, 0.5) is 5.69 Å². The third kappa shape index (κ3) is 3.17. The normalized spacial score (nSPS) is 14.1. The van der Waals surface area contributed by atoms with Crippen molar-refractivity contribution in [1.29, 1.82) is 0 Å². The monoisotopic (exact) mass is 267 g/mol. The molecule has 0 bridgehead atoms. The Morgan fingerprint density at radius 3 is 2.90 bits per heavy atom. The quantitative estimate of drug-likeness (QED) is 0.844. The number of aromatic nitrogens is 1. The van der Waals surface area contributed by atoms with Crippen LogP contribution in [0.15, 0.2) is 48.7 Å². The van der Waals surface area contributed by atoms with E-state index in [0.29, 0.717) is 0 Å². The van der Waals surface area contributed by atoms with Gasteiger partial charge >= 0.3 is 0 Å². The molecule has 0 spiro atoms. The lowest BCUT2D eigenvalue weighted by Gasteiger charge is -2.31. The van der Waals surface area contributed by atoms with Crippen molar-refractivity contribution in [2.45, 2.75) is 19.4 Å². The molecular formula is C17H21N3. The maximum Gasteiger partial charge on any atom is 0.0541 e. The Morgan fingerprint density at radius 1 is 1.10 bits per heavy atom. The van der Waals surface area contributed by atoms with E-state index in [9.17, 15) is 0 Å². The lowest BCUT2D eigenvalue weighted by atomic mass is 10.0. The van der Waals surface area contributed by atoms with Crippen molar-refractivity contribution < 1.29 is 0 Å². The summed E-state index contributed by atoms with van der Waals surface area (Å²) in [5.41, 5.74) is 4.01. The highest BCUT2D eigenvalue weighted by atomic mass is 15.1. The highest BCUT2D eigenvalue weighted by Crippen LogP contribution is 2.25. The van der Waals surface area contributed by atoms with Gasteiger partial charge in [-0.2, -0.15) is 0 Å². The predicted octanol–water partition coefficient (Wildman–Crippen LogP) is 2.62. The molecular weight excluding hydrogens is 246 g/mol. The number of para-hydroxylation sites is 1. The molecule has 1 aromatic carbocycles. The zero-order valence-electron chi connectivity index (χ0n) is 11.8. The fourth-order valence-corrected chi connectivity index (χ4v) is 2.78. The standard InChI is InChI=1S/C17H21N3/c1-2-9-17-15(6-1)7-5-12-20(17)13-11-18-14-16-8-3-4-10-19-16/h1-4,6,8-10,18H,5,7,11-14H2. The third-order valence-electron chi connectivity index (χ3n) is 3.80. The number of anilines is 1. The number of rotatable bonds is 5. The molecule has 1 aliphatic heterocycles. The van der Waals surface area contributed by atoms with Crippen LogP contribution in [0.1, 0.15) is 17.7 Å². The minimum absolute atomic E-state index is 0.844. The number of nitrogens with zero attached hydrogens (tertiary/aromatic N) is 2. The Hall–Kier alpha value is -1.87. The van der Waals surface area contributed by atoms with Crippen LogP contribution in [0.25, 0.3) is 0 Å². The first-order chi connectivity index (χ1) is 9.93. The molecule has 0 amide bonds. The van der Waals surface area contributed by atoms with Gasteiger partial charge in [0.15, 0.2) is 0 Å². The number of nitrogens with one attached hydrogen (secondary N) is 1. The van der Waals surface area contributed by atoms with Crippen LogP contribution in [-0.2, 0) is 13.0 Å². The molecule has 0 fully saturated rings. The fourth-order valence-electron chi connectivity index (χ4n) is 2.78. The molecule has 0 saturated carbocycles. The summed E-state index contributed by atoms with van der Waals surface area (Å²) in [6, 6.07) is 14.8. The van der Waals surface area contributed by atoms with Gasteiger partial charge in [0.25, 0.3) is 0 Å². The van der Waals surface area contributed by atoms with Gasteiger partial charge in [0.2, 0.25) is 0 Å². The van der Waals surface area contributed by atoms with Crippen molar-refractivity contribution in [3.63, 3.8) is 0 Å². The summed E-state index contributed by atoms with van der Waals surface area (Å²) in [5.74, 6) is 0. The van der Waals surface area contributed by atoms with Crippen LogP contribution in [0.2, 0.25) is 0 Å². The Morgan fingerprint density at radius 2 is 2.00 bits per heavy atom. The van der Waals surface area contributed by atoms with Gasteiger partial charge in [0, 0.05) is 38.1 Å². The second-order valence-electron chi connectivity index (χ2n) is 5.22. The topological polar surface area (TPSA) is 28.2 Å². The first-order valence-electron chi connectivity index (χ1n) is 7.37. The molecule has 0 unspecified atom stereocenters. The van der Waals surface area contributed by atoms with Gasteiger partial charge in [-0.25, -0.2) is 0 Å². The van der Waals surface area contributed by atoms with E-state index in [1.807, 2.05) is 18.3 Å². The molecule has 1 N–H and O–H groups in total. The molecule has 20 heavy (non-hydrogen) atoms.